The van der Waals surface area contributed by atoms with Gasteiger partial charge in [0.25, 0.3) is 0 Å². The maximum atomic E-state index is 11.7. The molecule has 0 aliphatic rings. The van der Waals surface area contributed by atoms with E-state index >= 15 is 0 Å². The van der Waals surface area contributed by atoms with E-state index in [4.69, 9.17) is 0 Å². The van der Waals surface area contributed by atoms with Crippen LogP contribution in [-0.4, -0.2) is 23.9 Å². The highest BCUT2D eigenvalue weighted by molar-refractivity contribution is 5.78. The van der Waals surface area contributed by atoms with Crippen molar-refractivity contribution in [3.05, 3.63) is 42.0 Å². The van der Waals surface area contributed by atoms with Gasteiger partial charge in [0.1, 0.15) is 0 Å². The molecule has 16 heavy (non-hydrogen) atoms. The molecule has 1 aromatic rings. The minimum absolute atomic E-state index is 0.192. The van der Waals surface area contributed by atoms with Crippen molar-refractivity contribution in [2.45, 2.75) is 20.3 Å². The summed E-state index contributed by atoms with van der Waals surface area (Å²) in [6.45, 7) is 5.58. The Morgan fingerprint density at radius 3 is 2.38 bits per heavy atom. The molecule has 0 N–H and O–H groups in total. The molecule has 0 radical (unpaired) electrons. The lowest BCUT2D eigenvalue weighted by Gasteiger charge is -2.17. The molecular formula is C14H19NO. The van der Waals surface area contributed by atoms with Crippen LogP contribution in [0.2, 0.25) is 0 Å². The van der Waals surface area contributed by atoms with E-state index in [1.807, 2.05) is 61.2 Å². The van der Waals surface area contributed by atoms with Crippen molar-refractivity contribution < 1.29 is 4.79 Å². The molecule has 0 heterocycles. The molecule has 2 heteroatoms. The highest BCUT2D eigenvalue weighted by atomic mass is 16.2. The van der Waals surface area contributed by atoms with Crippen molar-refractivity contribution >= 4 is 12.0 Å². The molecule has 1 aromatic carbocycles. The zero-order chi connectivity index (χ0) is 11.8. The fourth-order valence-corrected chi connectivity index (χ4v) is 1.57. The molecular weight excluding hydrogens is 198 g/mol. The molecule has 0 saturated carbocycles. The molecule has 0 unspecified atom stereocenters. The fraction of sp³-hybridized carbons (Fsp3) is 0.357. The molecule has 0 aliphatic heterocycles. The summed E-state index contributed by atoms with van der Waals surface area (Å²) >= 11 is 0. The number of nitrogens with zero attached hydrogens (tertiary/aromatic N) is 1. The van der Waals surface area contributed by atoms with E-state index in [2.05, 4.69) is 0 Å². The summed E-state index contributed by atoms with van der Waals surface area (Å²) in [5, 5.41) is 0. The van der Waals surface area contributed by atoms with Crippen molar-refractivity contribution in [1.29, 1.82) is 0 Å². The van der Waals surface area contributed by atoms with E-state index in [0.717, 1.165) is 18.7 Å². The first-order valence-electron chi connectivity index (χ1n) is 5.77. The molecule has 1 amide bonds. The summed E-state index contributed by atoms with van der Waals surface area (Å²) in [6, 6.07) is 10.0. The number of hydrogen-bond donors (Lipinski definition) is 0. The highest BCUT2D eigenvalue weighted by Crippen LogP contribution is 2.03. The van der Waals surface area contributed by atoms with Gasteiger partial charge in [0.2, 0.25) is 5.91 Å². The smallest absolute Gasteiger partial charge is 0.226 e. The monoisotopic (exact) mass is 217 g/mol. The third-order valence-corrected chi connectivity index (χ3v) is 2.52. The summed E-state index contributed by atoms with van der Waals surface area (Å²) in [7, 11) is 0. The normalized spacial score (nSPS) is 10.6. The van der Waals surface area contributed by atoms with Gasteiger partial charge in [-0.15, -0.1) is 0 Å². The molecule has 86 valence electrons. The van der Waals surface area contributed by atoms with Gasteiger partial charge < -0.3 is 4.90 Å². The van der Waals surface area contributed by atoms with Gasteiger partial charge >= 0.3 is 0 Å². The summed E-state index contributed by atoms with van der Waals surface area (Å²) in [4.78, 5) is 13.5. The summed E-state index contributed by atoms with van der Waals surface area (Å²) in [5.74, 6) is 0.192. The first kappa shape index (κ1) is 12.5. The van der Waals surface area contributed by atoms with Crippen molar-refractivity contribution in [2.75, 3.05) is 13.1 Å². The van der Waals surface area contributed by atoms with Crippen LogP contribution in [-0.2, 0) is 4.79 Å². The topological polar surface area (TPSA) is 20.3 Å². The Morgan fingerprint density at radius 2 is 1.81 bits per heavy atom. The highest BCUT2D eigenvalue weighted by Gasteiger charge is 2.05. The minimum atomic E-state index is 0.192. The van der Waals surface area contributed by atoms with Gasteiger partial charge in [-0.2, -0.15) is 0 Å². The zero-order valence-electron chi connectivity index (χ0n) is 10.0. The lowest BCUT2D eigenvalue weighted by Crippen LogP contribution is -2.29. The van der Waals surface area contributed by atoms with Crippen LogP contribution in [0.25, 0.3) is 6.08 Å². The van der Waals surface area contributed by atoms with Crippen LogP contribution in [0.15, 0.2) is 36.4 Å². The van der Waals surface area contributed by atoms with Gasteiger partial charge in [-0.25, -0.2) is 0 Å². The van der Waals surface area contributed by atoms with Gasteiger partial charge in [-0.05, 0) is 19.4 Å². The van der Waals surface area contributed by atoms with E-state index in [9.17, 15) is 4.79 Å². The molecule has 0 fully saturated rings. The third kappa shape index (κ3) is 3.89. The van der Waals surface area contributed by atoms with Gasteiger partial charge in [-0.1, -0.05) is 42.5 Å². The SMILES string of the molecule is CCN(CC)C(=O)C/C=C/c1ccccc1. The van der Waals surface area contributed by atoms with Crippen LogP contribution in [0, 0.1) is 0 Å². The Morgan fingerprint density at radius 1 is 1.19 bits per heavy atom. The van der Waals surface area contributed by atoms with Crippen molar-refractivity contribution in [1.82, 2.24) is 4.90 Å². The molecule has 1 rings (SSSR count). The Hall–Kier alpha value is -1.57. The van der Waals surface area contributed by atoms with Crippen LogP contribution in [0.4, 0.5) is 0 Å². The second-order valence-corrected chi connectivity index (χ2v) is 3.58. The first-order chi connectivity index (χ1) is 7.77. The van der Waals surface area contributed by atoms with Gasteiger partial charge in [0.15, 0.2) is 0 Å². The number of hydrogen-bond acceptors (Lipinski definition) is 1. The maximum Gasteiger partial charge on any atom is 0.226 e. The predicted octanol–water partition coefficient (Wildman–Crippen LogP) is 2.96. The molecule has 0 spiro atoms. The molecule has 0 atom stereocenters. The van der Waals surface area contributed by atoms with Crippen LogP contribution in [0.5, 0.6) is 0 Å². The number of carbonyl (C=O) groups is 1. The summed E-state index contributed by atoms with van der Waals surface area (Å²) < 4.78 is 0. The largest absolute Gasteiger partial charge is 0.343 e. The molecule has 0 saturated heterocycles. The minimum Gasteiger partial charge on any atom is -0.343 e. The lowest BCUT2D eigenvalue weighted by molar-refractivity contribution is -0.129. The van der Waals surface area contributed by atoms with Crippen LogP contribution in [0.3, 0.4) is 0 Å². The van der Waals surface area contributed by atoms with Gasteiger partial charge in [-0.3, -0.25) is 4.79 Å². The summed E-state index contributed by atoms with van der Waals surface area (Å²) in [6.07, 6.45) is 4.40. The third-order valence-electron chi connectivity index (χ3n) is 2.52. The van der Waals surface area contributed by atoms with Crippen molar-refractivity contribution in [3.63, 3.8) is 0 Å². The standard InChI is InChI=1S/C14H19NO/c1-3-15(4-2)14(16)12-8-11-13-9-6-5-7-10-13/h5-11H,3-4,12H2,1-2H3/b11-8+. The molecule has 0 bridgehead atoms. The second-order valence-electron chi connectivity index (χ2n) is 3.58. The van der Waals surface area contributed by atoms with Crippen LogP contribution < -0.4 is 0 Å². The average molecular weight is 217 g/mol. The maximum absolute atomic E-state index is 11.7. The Bertz CT molecular complexity index is 339. The Labute approximate surface area is 97.6 Å². The number of amides is 1. The Kier molecular flexibility index (Phi) is 5.34. The van der Waals surface area contributed by atoms with Crippen LogP contribution in [0.1, 0.15) is 25.8 Å². The van der Waals surface area contributed by atoms with E-state index < -0.39 is 0 Å². The molecule has 0 aliphatic carbocycles. The van der Waals surface area contributed by atoms with E-state index in [-0.39, 0.29) is 5.91 Å². The van der Waals surface area contributed by atoms with Crippen molar-refractivity contribution in [3.8, 4) is 0 Å². The van der Waals surface area contributed by atoms with E-state index in [0.29, 0.717) is 6.42 Å². The van der Waals surface area contributed by atoms with Crippen LogP contribution >= 0.6 is 0 Å². The van der Waals surface area contributed by atoms with E-state index in [1.54, 1.807) is 0 Å². The summed E-state index contributed by atoms with van der Waals surface area (Å²) in [5.41, 5.74) is 1.13. The van der Waals surface area contributed by atoms with E-state index in [1.165, 1.54) is 0 Å². The quantitative estimate of drug-likeness (QED) is 0.742. The average Bonchev–Trinajstić information content (AvgIpc) is 2.32. The number of rotatable bonds is 5. The fourth-order valence-electron chi connectivity index (χ4n) is 1.57. The Balaban J connectivity index is 2.45. The first-order valence-corrected chi connectivity index (χ1v) is 5.77. The predicted molar refractivity (Wildman–Crippen MR) is 68.0 cm³/mol. The zero-order valence-corrected chi connectivity index (χ0v) is 10.0. The van der Waals surface area contributed by atoms with Gasteiger partial charge in [0, 0.05) is 19.5 Å². The van der Waals surface area contributed by atoms with Gasteiger partial charge in [0.05, 0.1) is 0 Å². The molecule has 0 aromatic heterocycles. The molecule has 2 nitrogen and oxygen atoms in total. The second kappa shape index (κ2) is 6.83. The number of benzene rings is 1. The number of carbonyl (C=O) groups excluding carboxylic acids is 1. The lowest BCUT2D eigenvalue weighted by atomic mass is 10.2. The van der Waals surface area contributed by atoms with Crippen molar-refractivity contribution in [2.24, 2.45) is 0 Å².